The molecule has 0 radical (unpaired) electrons. The molecule has 0 spiro atoms. The molecular formula is C19H19NS. The quantitative estimate of drug-likeness (QED) is 0.755. The highest BCUT2D eigenvalue weighted by molar-refractivity contribution is 8.00. The van der Waals surface area contributed by atoms with E-state index in [4.69, 9.17) is 0 Å². The first kappa shape index (κ1) is 13.1. The average Bonchev–Trinajstić information content (AvgIpc) is 2.55. The Balaban J connectivity index is 1.61. The molecule has 106 valence electrons. The predicted molar refractivity (Wildman–Crippen MR) is 91.3 cm³/mol. The van der Waals surface area contributed by atoms with E-state index in [0.717, 1.165) is 16.2 Å². The van der Waals surface area contributed by atoms with Crippen molar-refractivity contribution in [2.24, 2.45) is 0 Å². The minimum absolute atomic E-state index is 0.753. The van der Waals surface area contributed by atoms with Gasteiger partial charge in [-0.2, -0.15) is 11.8 Å². The van der Waals surface area contributed by atoms with E-state index in [2.05, 4.69) is 53.2 Å². The van der Waals surface area contributed by atoms with Crippen molar-refractivity contribution in [3.05, 3.63) is 60.3 Å². The second-order valence-corrected chi connectivity index (χ2v) is 7.46. The highest BCUT2D eigenvalue weighted by Crippen LogP contribution is 2.43. The number of rotatable bonds is 2. The van der Waals surface area contributed by atoms with Crippen LogP contribution in [-0.4, -0.2) is 15.5 Å². The molecule has 1 nitrogen and oxygen atoms in total. The Morgan fingerprint density at radius 3 is 2.57 bits per heavy atom. The summed E-state index contributed by atoms with van der Waals surface area (Å²) in [6, 6.07) is 15.0. The minimum atomic E-state index is 0.753. The van der Waals surface area contributed by atoms with E-state index in [9.17, 15) is 0 Å². The van der Waals surface area contributed by atoms with Gasteiger partial charge in [0.05, 0.1) is 5.69 Å². The molecule has 1 fully saturated rings. The first-order chi connectivity index (χ1) is 10.4. The molecule has 2 aromatic rings. The molecule has 2 heteroatoms. The summed E-state index contributed by atoms with van der Waals surface area (Å²) in [4.78, 5) is 4.42. The van der Waals surface area contributed by atoms with Crippen LogP contribution >= 0.6 is 11.8 Å². The molecule has 0 N–H and O–H groups in total. The van der Waals surface area contributed by atoms with Crippen LogP contribution in [0.5, 0.6) is 0 Å². The van der Waals surface area contributed by atoms with Crippen LogP contribution in [0.2, 0.25) is 0 Å². The first-order valence-corrected chi connectivity index (χ1v) is 8.71. The molecule has 1 aromatic heterocycles. The van der Waals surface area contributed by atoms with Gasteiger partial charge < -0.3 is 0 Å². The average molecular weight is 293 g/mol. The Morgan fingerprint density at radius 1 is 0.952 bits per heavy atom. The number of aromatic nitrogens is 1. The van der Waals surface area contributed by atoms with Crippen molar-refractivity contribution >= 4 is 17.3 Å². The third kappa shape index (κ3) is 2.77. The summed E-state index contributed by atoms with van der Waals surface area (Å²) in [7, 11) is 0. The van der Waals surface area contributed by atoms with Crippen LogP contribution in [0.1, 0.15) is 31.2 Å². The molecule has 2 aliphatic rings. The van der Waals surface area contributed by atoms with E-state index in [1.807, 2.05) is 18.3 Å². The Labute approximate surface area is 130 Å². The van der Waals surface area contributed by atoms with Crippen molar-refractivity contribution in [1.82, 2.24) is 4.98 Å². The number of hydrogen-bond acceptors (Lipinski definition) is 2. The molecule has 21 heavy (non-hydrogen) atoms. The standard InChI is InChI=1S/C19H19NS/c1-2-11-20-19(6-1)15-9-7-14(8-10-15)16-12-17-4-3-5-18(13-16)21-17/h1-2,6-12,17-18H,3-5,13H2. The van der Waals surface area contributed by atoms with Crippen molar-refractivity contribution in [2.75, 3.05) is 0 Å². The van der Waals surface area contributed by atoms with Gasteiger partial charge in [-0.3, -0.25) is 4.98 Å². The molecule has 0 amide bonds. The summed E-state index contributed by atoms with van der Waals surface area (Å²) in [5, 5.41) is 1.60. The SMILES string of the molecule is C1=C(c2ccc(-c3ccccn3)cc2)CC2CCCC1S2. The predicted octanol–water partition coefficient (Wildman–Crippen LogP) is 5.19. The van der Waals surface area contributed by atoms with Crippen molar-refractivity contribution < 1.29 is 0 Å². The minimum Gasteiger partial charge on any atom is -0.256 e. The third-order valence-corrected chi connectivity index (χ3v) is 5.94. The van der Waals surface area contributed by atoms with Crippen molar-refractivity contribution in [3.63, 3.8) is 0 Å². The van der Waals surface area contributed by atoms with Gasteiger partial charge in [0.1, 0.15) is 0 Å². The van der Waals surface area contributed by atoms with E-state index in [1.165, 1.54) is 36.8 Å². The summed E-state index contributed by atoms with van der Waals surface area (Å²) in [5.74, 6) is 0. The van der Waals surface area contributed by atoms with Crippen molar-refractivity contribution in [2.45, 2.75) is 36.2 Å². The van der Waals surface area contributed by atoms with Gasteiger partial charge in [-0.05, 0) is 42.5 Å². The van der Waals surface area contributed by atoms with Gasteiger partial charge in [-0.1, -0.05) is 42.8 Å². The zero-order valence-corrected chi connectivity index (χ0v) is 12.9. The molecule has 3 heterocycles. The molecule has 2 atom stereocenters. The molecule has 1 aromatic carbocycles. The van der Waals surface area contributed by atoms with Gasteiger partial charge in [0, 0.05) is 22.3 Å². The zero-order chi connectivity index (χ0) is 14.1. The lowest BCUT2D eigenvalue weighted by Crippen LogP contribution is -2.21. The topological polar surface area (TPSA) is 12.9 Å². The number of hydrogen-bond donors (Lipinski definition) is 0. The molecule has 0 saturated carbocycles. The number of benzene rings is 1. The fourth-order valence-corrected chi connectivity index (χ4v) is 4.96. The van der Waals surface area contributed by atoms with Gasteiger partial charge in [-0.25, -0.2) is 0 Å². The van der Waals surface area contributed by atoms with Crippen LogP contribution < -0.4 is 0 Å². The van der Waals surface area contributed by atoms with Crippen LogP contribution in [0.4, 0.5) is 0 Å². The van der Waals surface area contributed by atoms with Gasteiger partial charge >= 0.3 is 0 Å². The lowest BCUT2D eigenvalue weighted by atomic mass is 9.92. The molecular weight excluding hydrogens is 274 g/mol. The number of nitrogens with zero attached hydrogens (tertiary/aromatic N) is 1. The summed E-state index contributed by atoms with van der Waals surface area (Å²) < 4.78 is 0. The van der Waals surface area contributed by atoms with Gasteiger partial charge in [0.15, 0.2) is 0 Å². The highest BCUT2D eigenvalue weighted by Gasteiger charge is 2.27. The first-order valence-electron chi connectivity index (χ1n) is 7.76. The van der Waals surface area contributed by atoms with Gasteiger partial charge in [0.25, 0.3) is 0 Å². The Kier molecular flexibility index (Phi) is 3.56. The smallest absolute Gasteiger partial charge is 0.0701 e. The monoisotopic (exact) mass is 293 g/mol. The zero-order valence-electron chi connectivity index (χ0n) is 12.0. The van der Waals surface area contributed by atoms with Crippen LogP contribution in [-0.2, 0) is 0 Å². The van der Waals surface area contributed by atoms with E-state index < -0.39 is 0 Å². The normalized spacial score (nSPS) is 24.5. The number of thioether (sulfide) groups is 1. The Hall–Kier alpha value is -1.54. The van der Waals surface area contributed by atoms with Gasteiger partial charge in [0.2, 0.25) is 0 Å². The second kappa shape index (κ2) is 5.69. The molecule has 1 saturated heterocycles. The van der Waals surface area contributed by atoms with E-state index in [-0.39, 0.29) is 0 Å². The summed E-state index contributed by atoms with van der Waals surface area (Å²) >= 11 is 2.19. The number of fused-ring (bicyclic) bond motifs is 2. The Bertz CT molecular complexity index is 645. The van der Waals surface area contributed by atoms with Crippen molar-refractivity contribution in [1.29, 1.82) is 0 Å². The van der Waals surface area contributed by atoms with Crippen molar-refractivity contribution in [3.8, 4) is 11.3 Å². The van der Waals surface area contributed by atoms with Crippen LogP contribution in [0.3, 0.4) is 0 Å². The fourth-order valence-electron chi connectivity index (χ4n) is 3.34. The third-order valence-electron chi connectivity index (χ3n) is 4.43. The summed E-state index contributed by atoms with van der Waals surface area (Å²) in [6.45, 7) is 0. The lowest BCUT2D eigenvalue weighted by molar-refractivity contribution is 0.630. The van der Waals surface area contributed by atoms with Crippen LogP contribution in [0.15, 0.2) is 54.7 Å². The van der Waals surface area contributed by atoms with Crippen LogP contribution in [0, 0.1) is 0 Å². The lowest BCUT2D eigenvalue weighted by Gasteiger charge is -2.33. The van der Waals surface area contributed by atoms with E-state index >= 15 is 0 Å². The maximum Gasteiger partial charge on any atom is 0.0701 e. The second-order valence-electron chi connectivity index (χ2n) is 5.92. The number of allylic oxidation sites excluding steroid dienone is 1. The fraction of sp³-hybridized carbons (Fsp3) is 0.316. The summed E-state index contributed by atoms with van der Waals surface area (Å²) in [6.07, 6.45) is 9.76. The van der Waals surface area contributed by atoms with Gasteiger partial charge in [-0.15, -0.1) is 0 Å². The maximum absolute atomic E-state index is 4.42. The molecule has 2 unspecified atom stereocenters. The molecule has 0 aliphatic carbocycles. The van der Waals surface area contributed by atoms with Crippen LogP contribution in [0.25, 0.3) is 16.8 Å². The summed E-state index contributed by atoms with van der Waals surface area (Å²) in [5.41, 5.74) is 5.20. The number of pyridine rings is 1. The highest BCUT2D eigenvalue weighted by atomic mass is 32.2. The van der Waals surface area contributed by atoms with E-state index in [0.29, 0.717) is 0 Å². The van der Waals surface area contributed by atoms with E-state index in [1.54, 1.807) is 5.57 Å². The molecule has 2 aliphatic heterocycles. The maximum atomic E-state index is 4.42. The molecule has 2 bridgehead atoms. The largest absolute Gasteiger partial charge is 0.256 e. The Morgan fingerprint density at radius 2 is 1.81 bits per heavy atom. The molecule has 4 rings (SSSR count).